The van der Waals surface area contributed by atoms with E-state index >= 15 is 0 Å². The topological polar surface area (TPSA) is 93.3 Å². The summed E-state index contributed by atoms with van der Waals surface area (Å²) < 4.78 is 1.73. The van der Waals surface area contributed by atoms with E-state index in [9.17, 15) is 14.9 Å². The minimum absolute atomic E-state index is 0.0146. The standard InChI is InChI=1S/C18H23N5O3/c1-14(13-22-11-5-8-19-22)20-18(24)15-6-7-16(17(12-15)23(25)26)21-9-3-2-4-10-21/h5-8,11-12,14H,2-4,9-10,13H2,1H3,(H,20,24). The van der Waals surface area contributed by atoms with E-state index < -0.39 is 4.92 Å². The third-order valence-corrected chi connectivity index (χ3v) is 4.53. The van der Waals surface area contributed by atoms with Crippen LogP contribution in [0, 0.1) is 10.1 Å². The molecule has 2 aromatic rings. The summed E-state index contributed by atoms with van der Waals surface area (Å²) in [5.41, 5.74) is 0.875. The van der Waals surface area contributed by atoms with E-state index in [0.717, 1.165) is 32.4 Å². The molecular formula is C18H23N5O3. The predicted molar refractivity (Wildman–Crippen MR) is 98.3 cm³/mol. The molecule has 0 bridgehead atoms. The van der Waals surface area contributed by atoms with Crippen LogP contribution in [0.25, 0.3) is 0 Å². The number of nitrogens with zero attached hydrogens (tertiary/aromatic N) is 4. The van der Waals surface area contributed by atoms with Gasteiger partial charge in [0.05, 0.1) is 11.5 Å². The fraction of sp³-hybridized carbons (Fsp3) is 0.444. The normalized spacial score (nSPS) is 15.5. The van der Waals surface area contributed by atoms with Gasteiger partial charge in [0.15, 0.2) is 0 Å². The lowest BCUT2D eigenvalue weighted by atomic mass is 10.1. The van der Waals surface area contributed by atoms with Crippen molar-refractivity contribution in [2.45, 2.75) is 38.8 Å². The predicted octanol–water partition coefficient (Wildman–Crippen LogP) is 2.60. The molecule has 0 spiro atoms. The van der Waals surface area contributed by atoms with Crippen LogP contribution in [0.15, 0.2) is 36.7 Å². The highest BCUT2D eigenvalue weighted by Gasteiger charge is 2.23. The average Bonchev–Trinajstić information content (AvgIpc) is 3.14. The molecule has 0 saturated carbocycles. The first kappa shape index (κ1) is 17.9. The Kier molecular flexibility index (Phi) is 5.50. The summed E-state index contributed by atoms with van der Waals surface area (Å²) in [5.74, 6) is -0.321. The second kappa shape index (κ2) is 7.99. The van der Waals surface area contributed by atoms with Gasteiger partial charge in [-0.3, -0.25) is 19.6 Å². The summed E-state index contributed by atoms with van der Waals surface area (Å²) in [6.07, 6.45) is 6.71. The van der Waals surface area contributed by atoms with Gasteiger partial charge < -0.3 is 10.2 Å². The van der Waals surface area contributed by atoms with Crippen LogP contribution in [0.2, 0.25) is 0 Å². The lowest BCUT2D eigenvalue weighted by molar-refractivity contribution is -0.384. The first-order valence-electron chi connectivity index (χ1n) is 8.86. The van der Waals surface area contributed by atoms with Gasteiger partial charge in [-0.1, -0.05) is 0 Å². The molecule has 1 N–H and O–H groups in total. The summed E-state index contributed by atoms with van der Waals surface area (Å²) in [6.45, 7) is 4.03. The molecule has 0 aliphatic carbocycles. The highest BCUT2D eigenvalue weighted by molar-refractivity contribution is 5.96. The quantitative estimate of drug-likeness (QED) is 0.633. The number of benzene rings is 1. The number of rotatable bonds is 6. The van der Waals surface area contributed by atoms with Crippen molar-refractivity contribution in [1.29, 1.82) is 0 Å². The zero-order chi connectivity index (χ0) is 18.5. The Labute approximate surface area is 151 Å². The van der Waals surface area contributed by atoms with Crippen LogP contribution in [0.3, 0.4) is 0 Å². The Morgan fingerprint density at radius 1 is 1.35 bits per heavy atom. The van der Waals surface area contributed by atoms with Crippen molar-refractivity contribution in [1.82, 2.24) is 15.1 Å². The van der Waals surface area contributed by atoms with Crippen molar-refractivity contribution in [3.8, 4) is 0 Å². The molecule has 8 heteroatoms. The van der Waals surface area contributed by atoms with Crippen LogP contribution in [-0.2, 0) is 6.54 Å². The zero-order valence-electron chi connectivity index (χ0n) is 14.8. The fourth-order valence-electron chi connectivity index (χ4n) is 3.25. The maximum Gasteiger partial charge on any atom is 0.293 e. The highest BCUT2D eigenvalue weighted by Crippen LogP contribution is 2.31. The molecule has 138 valence electrons. The highest BCUT2D eigenvalue weighted by atomic mass is 16.6. The van der Waals surface area contributed by atoms with Crippen molar-refractivity contribution in [3.05, 3.63) is 52.3 Å². The lowest BCUT2D eigenvalue weighted by Gasteiger charge is -2.28. The monoisotopic (exact) mass is 357 g/mol. The summed E-state index contributed by atoms with van der Waals surface area (Å²) in [6, 6.07) is 6.39. The Morgan fingerprint density at radius 3 is 2.77 bits per heavy atom. The molecule has 26 heavy (non-hydrogen) atoms. The van der Waals surface area contributed by atoms with Crippen LogP contribution in [0.4, 0.5) is 11.4 Å². The summed E-state index contributed by atoms with van der Waals surface area (Å²) in [4.78, 5) is 25.6. The van der Waals surface area contributed by atoms with Crippen LogP contribution in [0.1, 0.15) is 36.5 Å². The molecule has 8 nitrogen and oxygen atoms in total. The Bertz CT molecular complexity index is 769. The molecule has 1 amide bonds. The van der Waals surface area contributed by atoms with Gasteiger partial charge in [-0.05, 0) is 44.4 Å². The number of anilines is 1. The number of carbonyl (C=O) groups excluding carboxylic acids is 1. The Morgan fingerprint density at radius 2 is 2.12 bits per heavy atom. The van der Waals surface area contributed by atoms with E-state index in [1.54, 1.807) is 23.0 Å². The molecular weight excluding hydrogens is 334 g/mol. The third-order valence-electron chi connectivity index (χ3n) is 4.53. The number of amides is 1. The first-order chi connectivity index (χ1) is 12.5. The van der Waals surface area contributed by atoms with Gasteiger partial charge in [-0.15, -0.1) is 0 Å². The van der Waals surface area contributed by atoms with E-state index in [2.05, 4.69) is 10.4 Å². The van der Waals surface area contributed by atoms with Crippen LogP contribution in [0.5, 0.6) is 0 Å². The SMILES string of the molecule is CC(Cn1cccn1)NC(=O)c1ccc(N2CCCCC2)c([N+](=O)[O-])c1. The maximum absolute atomic E-state index is 12.5. The number of hydrogen-bond acceptors (Lipinski definition) is 5. The molecule has 1 aliphatic rings. The third kappa shape index (κ3) is 4.19. The summed E-state index contributed by atoms with van der Waals surface area (Å²) in [7, 11) is 0. The molecule has 1 saturated heterocycles. The lowest BCUT2D eigenvalue weighted by Crippen LogP contribution is -2.36. The van der Waals surface area contributed by atoms with Gasteiger partial charge in [0.1, 0.15) is 5.69 Å². The number of carbonyl (C=O) groups is 1. The second-order valence-electron chi connectivity index (χ2n) is 6.61. The van der Waals surface area contributed by atoms with Gasteiger partial charge in [0.2, 0.25) is 0 Å². The summed E-state index contributed by atoms with van der Waals surface area (Å²) >= 11 is 0. The van der Waals surface area contributed by atoms with E-state index in [1.165, 1.54) is 6.07 Å². The van der Waals surface area contributed by atoms with Gasteiger partial charge >= 0.3 is 0 Å². The zero-order valence-corrected chi connectivity index (χ0v) is 14.8. The molecule has 1 aromatic carbocycles. The van der Waals surface area contributed by atoms with Gasteiger partial charge in [-0.2, -0.15) is 5.10 Å². The number of hydrogen-bond donors (Lipinski definition) is 1. The molecule has 2 heterocycles. The molecule has 1 atom stereocenters. The van der Waals surface area contributed by atoms with E-state index in [4.69, 9.17) is 0 Å². The molecule has 1 unspecified atom stereocenters. The number of aromatic nitrogens is 2. The van der Waals surface area contributed by atoms with Crippen LogP contribution < -0.4 is 10.2 Å². The number of nitro groups is 1. The van der Waals surface area contributed by atoms with Crippen LogP contribution in [-0.4, -0.2) is 39.7 Å². The van der Waals surface area contributed by atoms with Crippen molar-refractivity contribution in [2.75, 3.05) is 18.0 Å². The first-order valence-corrected chi connectivity index (χ1v) is 8.86. The van der Waals surface area contributed by atoms with E-state index in [-0.39, 0.29) is 17.6 Å². The van der Waals surface area contributed by atoms with Gasteiger partial charge in [-0.25, -0.2) is 0 Å². The van der Waals surface area contributed by atoms with Gasteiger partial charge in [0, 0.05) is 43.2 Å². The van der Waals surface area contributed by atoms with Crippen molar-refractivity contribution in [2.24, 2.45) is 0 Å². The van der Waals surface area contributed by atoms with E-state index in [1.807, 2.05) is 24.1 Å². The van der Waals surface area contributed by atoms with E-state index in [0.29, 0.717) is 17.8 Å². The van der Waals surface area contributed by atoms with Crippen LogP contribution >= 0.6 is 0 Å². The van der Waals surface area contributed by atoms with Crippen molar-refractivity contribution >= 4 is 17.3 Å². The largest absolute Gasteiger partial charge is 0.366 e. The minimum Gasteiger partial charge on any atom is -0.366 e. The molecule has 3 rings (SSSR count). The Hall–Kier alpha value is -2.90. The molecule has 1 fully saturated rings. The molecule has 0 radical (unpaired) electrons. The number of nitrogens with one attached hydrogen (secondary N) is 1. The molecule has 1 aliphatic heterocycles. The smallest absolute Gasteiger partial charge is 0.293 e. The average molecular weight is 357 g/mol. The summed E-state index contributed by atoms with van der Waals surface area (Å²) in [5, 5.41) is 18.5. The van der Waals surface area contributed by atoms with Crippen molar-refractivity contribution < 1.29 is 9.72 Å². The number of piperidine rings is 1. The maximum atomic E-state index is 12.5. The molecule has 1 aromatic heterocycles. The number of nitro benzene ring substituents is 1. The van der Waals surface area contributed by atoms with Gasteiger partial charge in [0.25, 0.3) is 11.6 Å². The minimum atomic E-state index is -0.409. The Balaban J connectivity index is 1.73. The second-order valence-corrected chi connectivity index (χ2v) is 6.61. The van der Waals surface area contributed by atoms with Crippen molar-refractivity contribution in [3.63, 3.8) is 0 Å². The fourth-order valence-corrected chi connectivity index (χ4v) is 3.25.